The molecule has 2 atom stereocenters. The monoisotopic (exact) mass is 250 g/mol. The Morgan fingerprint density at radius 3 is 1.71 bits per heavy atom. The summed E-state index contributed by atoms with van der Waals surface area (Å²) in [4.78, 5) is 19.9. The lowest BCUT2D eigenvalue weighted by Crippen LogP contribution is -2.30. The Kier molecular flexibility index (Phi) is 12.1. The van der Waals surface area contributed by atoms with Gasteiger partial charge in [0.15, 0.2) is 0 Å². The zero-order valence-corrected chi connectivity index (χ0v) is 10.0. The van der Waals surface area contributed by atoms with Gasteiger partial charge in [0.05, 0.1) is 0 Å². The minimum absolute atomic E-state index is 0.120. The lowest BCUT2D eigenvalue weighted by Gasteiger charge is -2.02. The number of carboxylic acid groups (broad SMARTS) is 2. The number of aliphatic hydroxyl groups excluding tert-OH is 1. The van der Waals surface area contributed by atoms with Crippen molar-refractivity contribution in [2.75, 3.05) is 6.61 Å². The summed E-state index contributed by atoms with van der Waals surface area (Å²) < 4.78 is 0. The van der Waals surface area contributed by atoms with E-state index in [9.17, 15) is 9.59 Å². The van der Waals surface area contributed by atoms with Gasteiger partial charge in [0.25, 0.3) is 0 Å². The van der Waals surface area contributed by atoms with Crippen LogP contribution in [0.25, 0.3) is 0 Å². The van der Waals surface area contributed by atoms with E-state index in [0.717, 1.165) is 12.8 Å². The van der Waals surface area contributed by atoms with Crippen molar-refractivity contribution in [2.45, 2.75) is 44.7 Å². The minimum Gasteiger partial charge on any atom is -0.480 e. The molecule has 0 fully saturated rings. The van der Waals surface area contributed by atoms with Gasteiger partial charge in [-0.3, -0.25) is 9.59 Å². The van der Waals surface area contributed by atoms with Crippen LogP contribution >= 0.6 is 0 Å². The molecule has 0 radical (unpaired) electrons. The number of carbonyl (C=O) groups is 2. The number of aliphatic carboxylic acids is 2. The van der Waals surface area contributed by atoms with Crippen LogP contribution in [0.3, 0.4) is 0 Å². The van der Waals surface area contributed by atoms with Crippen molar-refractivity contribution in [3.63, 3.8) is 0 Å². The fourth-order valence-electron chi connectivity index (χ4n) is 0.810. The standard InChI is InChI=1S/C6H13NO2.C4H9NO3/c1-2-3-4-5(7)6(8)9;5-3(1-2-6)4(7)8/h5H,2-4,7H2,1H3,(H,8,9);3,6H,1-2,5H2,(H,7,8). The number of nitrogens with two attached hydrogens (primary N) is 2. The third-order valence-corrected chi connectivity index (χ3v) is 1.94. The molecule has 7 N–H and O–H groups in total. The molecule has 0 amide bonds. The lowest BCUT2D eigenvalue weighted by atomic mass is 10.1. The minimum atomic E-state index is -1.07. The molecule has 0 aromatic carbocycles. The summed E-state index contributed by atoms with van der Waals surface area (Å²) in [5, 5.41) is 24.5. The second kappa shape index (κ2) is 11.3. The predicted octanol–water partition coefficient (Wildman–Crippen LogP) is -0.631. The number of rotatable bonds is 7. The number of carboxylic acids is 2. The van der Waals surface area contributed by atoms with Crippen molar-refractivity contribution >= 4 is 11.9 Å². The number of hydrogen-bond donors (Lipinski definition) is 5. The van der Waals surface area contributed by atoms with E-state index in [1.807, 2.05) is 6.92 Å². The Morgan fingerprint density at radius 2 is 1.47 bits per heavy atom. The van der Waals surface area contributed by atoms with Crippen molar-refractivity contribution < 1.29 is 24.9 Å². The van der Waals surface area contributed by atoms with E-state index in [4.69, 9.17) is 26.8 Å². The molecule has 0 aliphatic heterocycles. The van der Waals surface area contributed by atoms with Crippen LogP contribution < -0.4 is 11.5 Å². The third kappa shape index (κ3) is 12.8. The maximum Gasteiger partial charge on any atom is 0.320 e. The van der Waals surface area contributed by atoms with E-state index in [0.29, 0.717) is 6.42 Å². The second-order valence-corrected chi connectivity index (χ2v) is 3.54. The van der Waals surface area contributed by atoms with Gasteiger partial charge in [-0.05, 0) is 12.8 Å². The first-order valence-electron chi connectivity index (χ1n) is 5.44. The van der Waals surface area contributed by atoms with Crippen LogP contribution in [0.2, 0.25) is 0 Å². The van der Waals surface area contributed by atoms with Crippen LogP contribution in [0.5, 0.6) is 0 Å². The van der Waals surface area contributed by atoms with Gasteiger partial charge >= 0.3 is 11.9 Å². The smallest absolute Gasteiger partial charge is 0.320 e. The highest BCUT2D eigenvalue weighted by atomic mass is 16.4. The number of unbranched alkanes of at least 4 members (excludes halogenated alkanes) is 1. The lowest BCUT2D eigenvalue weighted by molar-refractivity contribution is -0.139. The van der Waals surface area contributed by atoms with Crippen LogP contribution in [0.15, 0.2) is 0 Å². The van der Waals surface area contributed by atoms with Crippen molar-refractivity contribution in [1.29, 1.82) is 0 Å². The summed E-state index contributed by atoms with van der Waals surface area (Å²) in [5.74, 6) is -1.97. The van der Waals surface area contributed by atoms with Crippen LogP contribution in [0.4, 0.5) is 0 Å². The molecule has 0 saturated heterocycles. The molecule has 0 rings (SSSR count). The topological polar surface area (TPSA) is 147 Å². The molecule has 7 nitrogen and oxygen atoms in total. The van der Waals surface area contributed by atoms with Crippen molar-refractivity contribution in [3.05, 3.63) is 0 Å². The highest BCUT2D eigenvalue weighted by Crippen LogP contribution is 1.96. The zero-order chi connectivity index (χ0) is 13.8. The molecule has 2 unspecified atom stereocenters. The highest BCUT2D eigenvalue weighted by Gasteiger charge is 2.09. The first kappa shape index (κ1) is 18.2. The number of hydrogen-bond acceptors (Lipinski definition) is 5. The molecule has 0 spiro atoms. The van der Waals surface area contributed by atoms with Gasteiger partial charge in [0.2, 0.25) is 0 Å². The van der Waals surface area contributed by atoms with E-state index in [1.54, 1.807) is 0 Å². The van der Waals surface area contributed by atoms with Gasteiger partial charge in [0, 0.05) is 6.61 Å². The Hall–Kier alpha value is -1.18. The first-order valence-corrected chi connectivity index (χ1v) is 5.44. The highest BCUT2D eigenvalue weighted by molar-refractivity contribution is 5.73. The molecule has 0 aliphatic carbocycles. The zero-order valence-electron chi connectivity index (χ0n) is 10.0. The van der Waals surface area contributed by atoms with E-state index >= 15 is 0 Å². The summed E-state index contributed by atoms with van der Waals surface area (Å²) in [6.45, 7) is 1.84. The van der Waals surface area contributed by atoms with Crippen LogP contribution in [0, 0.1) is 0 Å². The maximum atomic E-state index is 10.1. The van der Waals surface area contributed by atoms with Crippen LogP contribution in [-0.4, -0.2) is 45.9 Å². The van der Waals surface area contributed by atoms with E-state index in [2.05, 4.69) is 0 Å². The Morgan fingerprint density at radius 1 is 1.06 bits per heavy atom. The van der Waals surface area contributed by atoms with Crippen LogP contribution in [-0.2, 0) is 9.59 Å². The molecule has 102 valence electrons. The molecule has 7 heteroatoms. The molecule has 0 aliphatic rings. The second-order valence-electron chi connectivity index (χ2n) is 3.54. The Bertz CT molecular complexity index is 223. The molecule has 0 saturated carbocycles. The third-order valence-electron chi connectivity index (χ3n) is 1.94. The van der Waals surface area contributed by atoms with Gasteiger partial charge in [-0.2, -0.15) is 0 Å². The van der Waals surface area contributed by atoms with Gasteiger partial charge in [0.1, 0.15) is 12.1 Å². The molecule has 0 bridgehead atoms. The average molecular weight is 250 g/mol. The summed E-state index contributed by atoms with van der Waals surface area (Å²) >= 11 is 0. The number of aliphatic hydroxyl groups is 1. The van der Waals surface area contributed by atoms with Crippen LogP contribution in [0.1, 0.15) is 32.6 Å². The van der Waals surface area contributed by atoms with Crippen molar-refractivity contribution in [2.24, 2.45) is 11.5 Å². The fourth-order valence-corrected chi connectivity index (χ4v) is 0.810. The van der Waals surface area contributed by atoms with Gasteiger partial charge in [-0.15, -0.1) is 0 Å². The van der Waals surface area contributed by atoms with Crippen molar-refractivity contribution in [3.8, 4) is 0 Å². The quantitative estimate of drug-likeness (QED) is 0.404. The Balaban J connectivity index is 0. The summed E-state index contributed by atoms with van der Waals surface area (Å²) in [6.07, 6.45) is 2.61. The molecule has 0 heterocycles. The normalized spacial score (nSPS) is 13.2. The first-order chi connectivity index (χ1) is 7.86. The van der Waals surface area contributed by atoms with Gasteiger partial charge < -0.3 is 26.8 Å². The summed E-state index contributed by atoms with van der Waals surface area (Å²) in [7, 11) is 0. The van der Waals surface area contributed by atoms with E-state index in [-0.39, 0.29) is 13.0 Å². The molecule has 0 aromatic heterocycles. The molecular weight excluding hydrogens is 228 g/mol. The largest absolute Gasteiger partial charge is 0.480 e. The van der Waals surface area contributed by atoms with E-state index < -0.39 is 24.0 Å². The molecule has 17 heavy (non-hydrogen) atoms. The van der Waals surface area contributed by atoms with Gasteiger partial charge in [-0.1, -0.05) is 19.8 Å². The maximum absolute atomic E-state index is 10.1. The molecule has 0 aromatic rings. The van der Waals surface area contributed by atoms with Gasteiger partial charge in [-0.25, -0.2) is 0 Å². The predicted molar refractivity (Wildman–Crippen MR) is 62.5 cm³/mol. The fraction of sp³-hybridized carbons (Fsp3) is 0.800. The SMILES string of the molecule is CCCCC(N)C(=O)O.NC(CCO)C(=O)O. The summed E-state index contributed by atoms with van der Waals surface area (Å²) in [6, 6.07) is -1.58. The average Bonchev–Trinajstić information content (AvgIpc) is 2.26. The molecular formula is C10H22N2O5. The van der Waals surface area contributed by atoms with Crippen molar-refractivity contribution in [1.82, 2.24) is 0 Å². The van der Waals surface area contributed by atoms with E-state index in [1.165, 1.54) is 0 Å². The Labute approximate surface area is 100 Å². The summed E-state index contributed by atoms with van der Waals surface area (Å²) in [5.41, 5.74) is 10.2.